The fraction of sp³-hybridized carbons (Fsp3) is 0. The van der Waals surface area contributed by atoms with Crippen LogP contribution in [0.5, 0.6) is 0 Å². The van der Waals surface area contributed by atoms with E-state index in [-0.39, 0.29) is 5.82 Å². The minimum Gasteiger partial charge on any atom is -0.308 e. The first kappa shape index (κ1) is 13.5. The maximum absolute atomic E-state index is 13.2. The van der Waals surface area contributed by atoms with E-state index in [0.717, 1.165) is 23.4 Å². The topological polar surface area (TPSA) is 39.3 Å². The first-order valence-electron chi connectivity index (χ1n) is 7.13. The van der Waals surface area contributed by atoms with Crippen LogP contribution in [-0.4, -0.2) is 20.2 Å². The summed E-state index contributed by atoms with van der Waals surface area (Å²) in [4.78, 5) is 15.6. The average molecular weight is 305 g/mol. The lowest BCUT2D eigenvalue weighted by atomic mass is 10.1. The number of hydrogen-bond donors (Lipinski definition) is 0. The van der Waals surface area contributed by atoms with E-state index in [1.54, 1.807) is 24.3 Å². The van der Waals surface area contributed by atoms with Gasteiger partial charge < -0.3 is 4.57 Å². The Hall–Kier alpha value is -3.21. The van der Waals surface area contributed by atoms with Gasteiger partial charge in [0, 0.05) is 29.7 Å². The number of nitrogens with zero attached hydrogens (tertiary/aromatic N) is 3. The molecular weight excluding hydrogens is 293 g/mol. The minimum atomic E-state index is -0.289. The van der Waals surface area contributed by atoms with Crippen LogP contribution in [0.15, 0.2) is 67.1 Å². The van der Waals surface area contributed by atoms with Crippen molar-refractivity contribution in [3.05, 3.63) is 78.5 Å². The molecular formula is C18H12FN3O. The molecule has 0 N–H and O–H groups in total. The maximum atomic E-state index is 13.2. The summed E-state index contributed by atoms with van der Waals surface area (Å²) in [7, 11) is 0. The zero-order valence-electron chi connectivity index (χ0n) is 12.1. The highest BCUT2D eigenvalue weighted by atomic mass is 19.1. The second-order valence-corrected chi connectivity index (χ2v) is 5.19. The molecule has 0 amide bonds. The van der Waals surface area contributed by atoms with E-state index in [4.69, 9.17) is 0 Å². The van der Waals surface area contributed by atoms with Gasteiger partial charge in [-0.05, 0) is 48.5 Å². The summed E-state index contributed by atoms with van der Waals surface area (Å²) in [5.41, 5.74) is 2.76. The lowest BCUT2D eigenvalue weighted by molar-refractivity contribution is 0.112. The second kappa shape index (κ2) is 5.21. The molecule has 3 heterocycles. The van der Waals surface area contributed by atoms with E-state index in [1.165, 1.54) is 12.1 Å². The molecule has 0 atom stereocenters. The molecule has 0 bridgehead atoms. The molecule has 0 fully saturated rings. The van der Waals surface area contributed by atoms with E-state index >= 15 is 0 Å². The van der Waals surface area contributed by atoms with Crippen molar-refractivity contribution >= 4 is 11.9 Å². The van der Waals surface area contributed by atoms with Crippen LogP contribution in [0.25, 0.3) is 22.7 Å². The SMILES string of the molecule is O=Cc1ccn2c(-n3cccc3)c(-c3ccc(F)cc3)nc2c1. The van der Waals surface area contributed by atoms with Crippen molar-refractivity contribution in [1.29, 1.82) is 0 Å². The van der Waals surface area contributed by atoms with Crippen LogP contribution in [0.4, 0.5) is 4.39 Å². The first-order chi connectivity index (χ1) is 11.3. The van der Waals surface area contributed by atoms with Crippen molar-refractivity contribution in [1.82, 2.24) is 14.0 Å². The van der Waals surface area contributed by atoms with Crippen molar-refractivity contribution in [2.75, 3.05) is 0 Å². The number of benzene rings is 1. The summed E-state index contributed by atoms with van der Waals surface area (Å²) >= 11 is 0. The number of pyridine rings is 1. The van der Waals surface area contributed by atoms with Gasteiger partial charge >= 0.3 is 0 Å². The van der Waals surface area contributed by atoms with E-state index in [9.17, 15) is 9.18 Å². The average Bonchev–Trinajstić information content (AvgIpc) is 3.21. The predicted octanol–water partition coefficient (Wildman–Crippen LogP) is 3.74. The lowest BCUT2D eigenvalue weighted by Gasteiger charge is -2.06. The molecule has 4 nitrogen and oxygen atoms in total. The summed E-state index contributed by atoms with van der Waals surface area (Å²) in [5, 5.41) is 0. The molecule has 0 aliphatic heterocycles. The fourth-order valence-corrected chi connectivity index (χ4v) is 2.64. The summed E-state index contributed by atoms with van der Waals surface area (Å²) in [6.07, 6.45) is 6.45. The van der Waals surface area contributed by atoms with E-state index in [2.05, 4.69) is 4.98 Å². The molecule has 23 heavy (non-hydrogen) atoms. The number of hydrogen-bond acceptors (Lipinski definition) is 2. The molecule has 112 valence electrons. The predicted molar refractivity (Wildman–Crippen MR) is 85.3 cm³/mol. The van der Waals surface area contributed by atoms with Crippen LogP contribution in [-0.2, 0) is 0 Å². The van der Waals surface area contributed by atoms with Crippen molar-refractivity contribution in [2.45, 2.75) is 0 Å². The van der Waals surface area contributed by atoms with Crippen LogP contribution in [0.2, 0.25) is 0 Å². The van der Waals surface area contributed by atoms with Gasteiger partial charge in [-0.3, -0.25) is 9.20 Å². The Bertz CT molecular complexity index is 985. The summed E-state index contributed by atoms with van der Waals surface area (Å²) in [6.45, 7) is 0. The molecule has 3 aromatic heterocycles. The van der Waals surface area contributed by atoms with E-state index in [1.807, 2.05) is 39.7 Å². The molecule has 0 unspecified atom stereocenters. The summed E-state index contributed by atoms with van der Waals surface area (Å²) < 4.78 is 17.1. The van der Waals surface area contributed by atoms with Gasteiger partial charge in [0.1, 0.15) is 29.3 Å². The number of fused-ring (bicyclic) bond motifs is 1. The molecule has 0 saturated heterocycles. The summed E-state index contributed by atoms with van der Waals surface area (Å²) in [5.74, 6) is 0.553. The first-order valence-corrected chi connectivity index (χ1v) is 7.13. The van der Waals surface area contributed by atoms with Crippen molar-refractivity contribution in [2.24, 2.45) is 0 Å². The zero-order chi connectivity index (χ0) is 15.8. The number of halogens is 1. The highest BCUT2D eigenvalue weighted by Gasteiger charge is 2.15. The Morgan fingerprint density at radius 3 is 2.43 bits per heavy atom. The van der Waals surface area contributed by atoms with Crippen molar-refractivity contribution in [3.8, 4) is 17.1 Å². The van der Waals surface area contributed by atoms with Crippen molar-refractivity contribution in [3.63, 3.8) is 0 Å². The molecule has 0 aliphatic carbocycles. The minimum absolute atomic E-state index is 0.289. The number of aldehydes is 1. The third-order valence-electron chi connectivity index (χ3n) is 3.73. The van der Waals surface area contributed by atoms with Crippen LogP contribution in [0, 0.1) is 5.82 Å². The number of carbonyl (C=O) groups excluding carboxylic acids is 1. The molecule has 4 aromatic rings. The third-order valence-corrected chi connectivity index (χ3v) is 3.73. The standard InChI is InChI=1S/C18H12FN3O/c19-15-5-3-14(4-6-15)17-18(21-8-1-2-9-21)22-10-7-13(12-23)11-16(22)20-17/h1-12H. The normalized spacial score (nSPS) is 11.0. The quantitative estimate of drug-likeness (QED) is 0.541. The fourth-order valence-electron chi connectivity index (χ4n) is 2.64. The number of aromatic nitrogens is 3. The monoisotopic (exact) mass is 305 g/mol. The zero-order valence-corrected chi connectivity index (χ0v) is 12.1. The largest absolute Gasteiger partial charge is 0.308 e. The Kier molecular flexibility index (Phi) is 3.05. The van der Waals surface area contributed by atoms with Gasteiger partial charge in [-0.1, -0.05) is 0 Å². The Labute approximate surface area is 131 Å². The number of imidazole rings is 1. The molecule has 0 radical (unpaired) electrons. The summed E-state index contributed by atoms with van der Waals surface area (Å²) in [6, 6.07) is 13.5. The second-order valence-electron chi connectivity index (χ2n) is 5.19. The Morgan fingerprint density at radius 1 is 1.00 bits per heavy atom. The Balaban J connectivity index is 2.03. The highest BCUT2D eigenvalue weighted by molar-refractivity contribution is 5.79. The molecule has 4 rings (SSSR count). The molecule has 0 aliphatic rings. The van der Waals surface area contributed by atoms with Gasteiger partial charge in [0.05, 0.1) is 0 Å². The smallest absolute Gasteiger partial charge is 0.150 e. The van der Waals surface area contributed by atoms with Gasteiger partial charge in [0.25, 0.3) is 0 Å². The van der Waals surface area contributed by atoms with Gasteiger partial charge in [0.2, 0.25) is 0 Å². The number of rotatable bonds is 3. The van der Waals surface area contributed by atoms with Crippen LogP contribution in [0.1, 0.15) is 10.4 Å². The van der Waals surface area contributed by atoms with E-state index in [0.29, 0.717) is 11.2 Å². The van der Waals surface area contributed by atoms with Gasteiger partial charge in [-0.2, -0.15) is 0 Å². The molecule has 0 spiro atoms. The maximum Gasteiger partial charge on any atom is 0.150 e. The third kappa shape index (κ3) is 2.23. The van der Waals surface area contributed by atoms with Gasteiger partial charge in [-0.25, -0.2) is 9.37 Å². The lowest BCUT2D eigenvalue weighted by Crippen LogP contribution is -1.98. The molecule has 0 saturated carbocycles. The van der Waals surface area contributed by atoms with Crippen molar-refractivity contribution < 1.29 is 9.18 Å². The van der Waals surface area contributed by atoms with Gasteiger partial charge in [0.15, 0.2) is 0 Å². The highest BCUT2D eigenvalue weighted by Crippen LogP contribution is 2.28. The van der Waals surface area contributed by atoms with Crippen LogP contribution >= 0.6 is 0 Å². The van der Waals surface area contributed by atoms with Crippen LogP contribution in [0.3, 0.4) is 0 Å². The number of carbonyl (C=O) groups is 1. The van der Waals surface area contributed by atoms with Gasteiger partial charge in [-0.15, -0.1) is 0 Å². The molecule has 5 heteroatoms. The van der Waals surface area contributed by atoms with Crippen LogP contribution < -0.4 is 0 Å². The molecule has 1 aromatic carbocycles. The Morgan fingerprint density at radius 2 is 1.74 bits per heavy atom. The van der Waals surface area contributed by atoms with E-state index < -0.39 is 0 Å².